The summed E-state index contributed by atoms with van der Waals surface area (Å²) in [7, 11) is 3.60. The average molecular weight is 676 g/mol. The van der Waals surface area contributed by atoms with E-state index in [2.05, 4.69) is 53.7 Å². The maximum Gasteiger partial charge on any atom is 0.273 e. The number of nitrogens with one attached hydrogen (secondary N) is 3. The fourth-order valence-corrected chi connectivity index (χ4v) is 7.37. The van der Waals surface area contributed by atoms with Crippen LogP contribution in [0.2, 0.25) is 0 Å². The highest BCUT2D eigenvalue weighted by Crippen LogP contribution is 2.45. The van der Waals surface area contributed by atoms with Crippen LogP contribution in [-0.2, 0) is 17.9 Å². The van der Waals surface area contributed by atoms with Gasteiger partial charge in [0.25, 0.3) is 11.8 Å². The van der Waals surface area contributed by atoms with Crippen LogP contribution in [0.15, 0.2) is 48.7 Å². The first-order chi connectivity index (χ1) is 24.4. The lowest BCUT2D eigenvalue weighted by molar-refractivity contribution is -0.117. The third kappa shape index (κ3) is 6.15. The number of hydrogen-bond acceptors (Lipinski definition) is 10. The van der Waals surface area contributed by atoms with Gasteiger partial charge in [-0.05, 0) is 50.3 Å². The highest BCUT2D eigenvalue weighted by Gasteiger charge is 2.33. The van der Waals surface area contributed by atoms with E-state index in [1.807, 2.05) is 41.4 Å². The number of amides is 3. The molecule has 0 unspecified atom stereocenters. The molecule has 0 radical (unpaired) electrons. The van der Waals surface area contributed by atoms with Crippen LogP contribution in [0.5, 0.6) is 0 Å². The van der Waals surface area contributed by atoms with Crippen molar-refractivity contribution in [3.05, 3.63) is 71.4 Å². The number of para-hydroxylation sites is 1. The Hall–Kier alpha value is -5.37. The zero-order valence-corrected chi connectivity index (χ0v) is 28.4. The van der Waals surface area contributed by atoms with E-state index in [9.17, 15) is 14.4 Å². The van der Waals surface area contributed by atoms with Crippen LogP contribution >= 0.6 is 0 Å². The number of nitrogens with zero attached hydrogens (tertiary/aromatic N) is 8. The lowest BCUT2D eigenvalue weighted by atomic mass is 9.97. The molecule has 3 aliphatic heterocycles. The summed E-state index contributed by atoms with van der Waals surface area (Å²) in [4.78, 5) is 49.3. The molecule has 0 spiro atoms. The molecule has 258 valence electrons. The Morgan fingerprint density at radius 1 is 0.940 bits per heavy atom. The number of benzene rings is 1. The quantitative estimate of drug-likeness (QED) is 0.239. The highest BCUT2D eigenvalue weighted by molar-refractivity contribution is 6.01. The molecule has 1 aliphatic carbocycles. The fourth-order valence-electron chi connectivity index (χ4n) is 7.37. The van der Waals surface area contributed by atoms with Crippen LogP contribution < -0.4 is 20.9 Å². The van der Waals surface area contributed by atoms with Gasteiger partial charge in [-0.15, -0.1) is 10.2 Å². The summed E-state index contributed by atoms with van der Waals surface area (Å²) >= 11 is 0. The second kappa shape index (κ2) is 13.2. The Kier molecular flexibility index (Phi) is 8.39. The van der Waals surface area contributed by atoms with E-state index in [1.54, 1.807) is 13.1 Å². The molecule has 1 aromatic carbocycles. The Morgan fingerprint density at radius 2 is 1.76 bits per heavy atom. The number of aromatic nitrogens is 5. The number of carbonyl (C=O) groups is 3. The van der Waals surface area contributed by atoms with Crippen LogP contribution in [0.4, 0.5) is 22.9 Å². The van der Waals surface area contributed by atoms with Crippen molar-refractivity contribution < 1.29 is 14.4 Å². The van der Waals surface area contributed by atoms with Crippen LogP contribution in [0.3, 0.4) is 0 Å². The minimum absolute atomic E-state index is 0.00884. The maximum atomic E-state index is 12.9. The number of anilines is 4. The molecule has 1 saturated carbocycles. The number of rotatable bonds is 9. The lowest BCUT2D eigenvalue weighted by Gasteiger charge is -2.31. The summed E-state index contributed by atoms with van der Waals surface area (Å²) in [5, 5.41) is 22.1. The Balaban J connectivity index is 1.01. The Morgan fingerprint density at radius 3 is 2.56 bits per heavy atom. The van der Waals surface area contributed by atoms with Gasteiger partial charge in [0.05, 0.1) is 47.2 Å². The first-order valence-corrected chi connectivity index (χ1v) is 17.4. The van der Waals surface area contributed by atoms with Crippen LogP contribution in [0, 0.1) is 5.92 Å². The van der Waals surface area contributed by atoms with Crippen LogP contribution in [0.25, 0.3) is 11.1 Å². The predicted molar refractivity (Wildman–Crippen MR) is 188 cm³/mol. The molecule has 2 saturated heterocycles. The summed E-state index contributed by atoms with van der Waals surface area (Å²) in [6.07, 6.45) is 6.78. The van der Waals surface area contributed by atoms with Gasteiger partial charge in [-0.1, -0.05) is 18.2 Å². The van der Waals surface area contributed by atoms with Crippen LogP contribution in [-0.4, -0.2) is 92.8 Å². The zero-order valence-electron chi connectivity index (χ0n) is 28.4. The van der Waals surface area contributed by atoms with Crippen molar-refractivity contribution in [3.8, 4) is 11.1 Å². The Labute approximate surface area is 290 Å². The molecule has 3 N–H and O–H groups in total. The first kappa shape index (κ1) is 31.9. The van der Waals surface area contributed by atoms with Gasteiger partial charge >= 0.3 is 0 Å². The van der Waals surface area contributed by atoms with Crippen molar-refractivity contribution in [3.63, 3.8) is 0 Å². The molecule has 50 heavy (non-hydrogen) atoms. The molecule has 4 aromatic rings. The van der Waals surface area contributed by atoms with Crippen molar-refractivity contribution in [2.45, 2.75) is 51.2 Å². The van der Waals surface area contributed by atoms with E-state index in [-0.39, 0.29) is 35.4 Å². The van der Waals surface area contributed by atoms with Crippen molar-refractivity contribution >= 4 is 40.6 Å². The van der Waals surface area contributed by atoms with Gasteiger partial charge in [0.2, 0.25) is 5.91 Å². The van der Waals surface area contributed by atoms with E-state index in [1.165, 1.54) is 0 Å². The molecule has 14 nitrogen and oxygen atoms in total. The molecular weight excluding hydrogens is 634 g/mol. The third-order valence-electron chi connectivity index (χ3n) is 10.1. The van der Waals surface area contributed by atoms with E-state index in [0.29, 0.717) is 30.3 Å². The van der Waals surface area contributed by atoms with Gasteiger partial charge in [0.1, 0.15) is 5.69 Å². The molecule has 3 fully saturated rings. The summed E-state index contributed by atoms with van der Waals surface area (Å²) in [6, 6.07) is 13.7. The molecule has 8 rings (SSSR count). The van der Waals surface area contributed by atoms with Crippen molar-refractivity contribution in [1.29, 1.82) is 0 Å². The third-order valence-corrected chi connectivity index (χ3v) is 10.1. The van der Waals surface area contributed by atoms with Crippen molar-refractivity contribution in [1.82, 2.24) is 40.1 Å². The molecule has 14 heteroatoms. The predicted octanol–water partition coefficient (Wildman–Crippen LogP) is 3.82. The number of pyridine rings is 1. The van der Waals surface area contributed by atoms with Gasteiger partial charge in [0, 0.05) is 69.9 Å². The van der Waals surface area contributed by atoms with Crippen LogP contribution in [0.1, 0.15) is 70.5 Å². The Bertz CT molecular complexity index is 1970. The lowest BCUT2D eigenvalue weighted by Crippen LogP contribution is -2.29. The normalized spacial score (nSPS) is 18.5. The molecule has 4 aliphatic rings. The average Bonchev–Trinajstić information content (AvgIpc) is 3.44. The number of carbonyl (C=O) groups excluding carboxylic acids is 3. The highest BCUT2D eigenvalue weighted by atomic mass is 16.2. The number of hydrogen-bond donors (Lipinski definition) is 3. The van der Waals surface area contributed by atoms with E-state index < -0.39 is 0 Å². The van der Waals surface area contributed by atoms with Crippen molar-refractivity contribution in [2.75, 3.05) is 55.8 Å². The summed E-state index contributed by atoms with van der Waals surface area (Å²) < 4.78 is 2.18. The maximum absolute atomic E-state index is 12.9. The SMILES string of the molecule is CNC(=O)c1nnc(NC(=O)C2CC2)cc1Nc1cccc2c1N(C)Cc1c-2cnn1[C@H]1CCN(Cc2cccc(C(=O)N3CCCC3)n2)C1. The second-order valence-electron chi connectivity index (χ2n) is 13.7. The summed E-state index contributed by atoms with van der Waals surface area (Å²) in [5.74, 6) is -0.134. The minimum Gasteiger partial charge on any atom is -0.366 e. The number of fused-ring (bicyclic) bond motifs is 3. The van der Waals surface area contributed by atoms with E-state index in [4.69, 9.17) is 10.1 Å². The topological polar surface area (TPSA) is 154 Å². The fraction of sp³-hybridized carbons (Fsp3) is 0.417. The summed E-state index contributed by atoms with van der Waals surface area (Å²) in [6.45, 7) is 4.73. The zero-order chi connectivity index (χ0) is 34.4. The summed E-state index contributed by atoms with van der Waals surface area (Å²) in [5.41, 5.74) is 7.06. The molecule has 3 aromatic heterocycles. The standard InChI is InChI=1S/C36H41N11O3/c1-37-35(49)32-29(17-31(42-43-32)41-34(48)22-11-12-22)40-27-9-6-8-25-26-18-38-47(30(26)21-44(2)33(25)27)24-13-16-45(20-24)19-23-7-5-10-28(39-23)36(50)46-14-3-4-15-46/h5-10,17-18,22,24H,3-4,11-16,19-21H2,1-2H3,(H,37,49)(H2,40,41,42,48)/t24-/m0/s1. The van der Waals surface area contributed by atoms with Crippen molar-refractivity contribution in [2.24, 2.45) is 5.92 Å². The minimum atomic E-state index is -0.383. The molecule has 3 amide bonds. The number of likely N-dealkylation sites (tertiary alicyclic amines) is 2. The molecule has 0 bridgehead atoms. The van der Waals surface area contributed by atoms with Gasteiger partial charge in [0.15, 0.2) is 11.5 Å². The van der Waals surface area contributed by atoms with E-state index >= 15 is 0 Å². The molecule has 1 atom stereocenters. The molecular formula is C36H41N11O3. The van der Waals surface area contributed by atoms with E-state index in [0.717, 1.165) is 92.2 Å². The van der Waals surface area contributed by atoms with Gasteiger partial charge in [-0.25, -0.2) is 4.98 Å². The smallest absolute Gasteiger partial charge is 0.273 e. The van der Waals surface area contributed by atoms with Gasteiger partial charge < -0.3 is 25.8 Å². The second-order valence-corrected chi connectivity index (χ2v) is 13.7. The first-order valence-electron chi connectivity index (χ1n) is 17.4. The molecule has 6 heterocycles. The largest absolute Gasteiger partial charge is 0.366 e. The van der Waals surface area contributed by atoms with Gasteiger partial charge in [-0.2, -0.15) is 5.10 Å². The van der Waals surface area contributed by atoms with Gasteiger partial charge in [-0.3, -0.25) is 24.0 Å². The monoisotopic (exact) mass is 675 g/mol.